The fourth-order valence-electron chi connectivity index (χ4n) is 2.18. The molecule has 5 nitrogen and oxygen atoms in total. The minimum atomic E-state index is -0.580. The van der Waals surface area contributed by atoms with E-state index in [2.05, 4.69) is 47.9 Å². The summed E-state index contributed by atoms with van der Waals surface area (Å²) in [4.78, 5) is 5.19. The number of nitrogens with one attached hydrogen (secondary N) is 1. The fraction of sp³-hybridized carbons (Fsp3) is 0.471. The molecule has 2 N–H and O–H groups in total. The number of oxime groups is 1. The number of rotatable bonds is 6. The molecule has 0 aliphatic heterocycles. The van der Waals surface area contributed by atoms with Crippen LogP contribution in [0.5, 0.6) is 0 Å². The van der Waals surface area contributed by atoms with Crippen molar-refractivity contribution < 1.29 is 9.94 Å². The quantitative estimate of drug-likeness (QED) is 0.636. The van der Waals surface area contributed by atoms with Gasteiger partial charge in [0.25, 0.3) is 0 Å². The minimum Gasteiger partial charge on any atom is -0.393 e. The van der Waals surface area contributed by atoms with Crippen LogP contribution < -0.4 is 5.32 Å². The topological polar surface area (TPSA) is 58.8 Å². The normalized spacial score (nSPS) is 13.9. The number of aliphatic hydroxyl groups is 1. The molecule has 1 aromatic heterocycles. The molecule has 5 heteroatoms. The molecule has 0 spiro atoms. The number of β-amino-alcohol motifs (C(OH)–C–C–N with tert-alkyl or cyclic N) is 1. The summed E-state index contributed by atoms with van der Waals surface area (Å²) in [6.45, 7) is 6.81. The van der Waals surface area contributed by atoms with E-state index in [-0.39, 0.29) is 12.1 Å². The van der Waals surface area contributed by atoms with Crippen molar-refractivity contribution in [2.75, 3.05) is 13.2 Å². The van der Waals surface area contributed by atoms with Gasteiger partial charge in [0.2, 0.25) is 0 Å². The molecule has 0 aliphatic rings. The van der Waals surface area contributed by atoms with Crippen LogP contribution in [-0.2, 0) is 11.9 Å². The van der Waals surface area contributed by atoms with Crippen LogP contribution in [0, 0.1) is 0 Å². The Morgan fingerprint density at radius 3 is 2.82 bits per heavy atom. The van der Waals surface area contributed by atoms with E-state index >= 15 is 0 Å². The van der Waals surface area contributed by atoms with E-state index in [0.717, 1.165) is 16.5 Å². The second kappa shape index (κ2) is 6.94. The standard InChI is InChI=1S/C17H25N3O2/c1-17(2,3)18-10-14(21)12-22-19-9-13-11-20(4)16-8-6-5-7-15(13)16/h5-9,11,14,18,21H,10,12H2,1-4H3/b19-9-. The third-order valence-electron chi connectivity index (χ3n) is 3.33. The van der Waals surface area contributed by atoms with Crippen molar-refractivity contribution >= 4 is 17.1 Å². The molecular formula is C17H25N3O2. The van der Waals surface area contributed by atoms with Crippen molar-refractivity contribution in [3.05, 3.63) is 36.0 Å². The maximum absolute atomic E-state index is 9.82. The van der Waals surface area contributed by atoms with E-state index in [1.807, 2.05) is 25.4 Å². The summed E-state index contributed by atoms with van der Waals surface area (Å²) in [5.41, 5.74) is 2.13. The Hall–Kier alpha value is -1.85. The summed E-state index contributed by atoms with van der Waals surface area (Å²) in [5.74, 6) is 0. The summed E-state index contributed by atoms with van der Waals surface area (Å²) in [5, 5.41) is 18.1. The van der Waals surface area contributed by atoms with Crippen LogP contribution in [0.15, 0.2) is 35.6 Å². The largest absolute Gasteiger partial charge is 0.393 e. The molecule has 2 aromatic rings. The lowest BCUT2D eigenvalue weighted by atomic mass is 10.1. The zero-order chi connectivity index (χ0) is 16.2. The summed E-state index contributed by atoms with van der Waals surface area (Å²) < 4.78 is 2.05. The van der Waals surface area contributed by atoms with E-state index in [4.69, 9.17) is 4.84 Å². The molecule has 0 fully saturated rings. The van der Waals surface area contributed by atoms with Crippen LogP contribution >= 0.6 is 0 Å². The maximum Gasteiger partial charge on any atom is 0.144 e. The van der Waals surface area contributed by atoms with Gasteiger partial charge in [0, 0.05) is 41.8 Å². The van der Waals surface area contributed by atoms with Gasteiger partial charge in [-0.15, -0.1) is 0 Å². The van der Waals surface area contributed by atoms with Gasteiger partial charge in [-0.1, -0.05) is 23.4 Å². The number of aryl methyl sites for hydroxylation is 1. The molecule has 0 amide bonds. The second-order valence-electron chi connectivity index (χ2n) is 6.53. The molecule has 0 aliphatic carbocycles. The van der Waals surface area contributed by atoms with Crippen molar-refractivity contribution in [1.29, 1.82) is 0 Å². The monoisotopic (exact) mass is 303 g/mol. The highest BCUT2D eigenvalue weighted by Gasteiger charge is 2.12. The molecular weight excluding hydrogens is 278 g/mol. The number of aromatic nitrogens is 1. The van der Waals surface area contributed by atoms with Gasteiger partial charge in [-0.2, -0.15) is 0 Å². The minimum absolute atomic E-state index is 0.0206. The second-order valence-corrected chi connectivity index (χ2v) is 6.53. The number of hydrogen-bond acceptors (Lipinski definition) is 4. The van der Waals surface area contributed by atoms with Gasteiger partial charge in [0.1, 0.15) is 12.7 Å². The average molecular weight is 303 g/mol. The Morgan fingerprint density at radius 2 is 2.09 bits per heavy atom. The first kappa shape index (κ1) is 16.5. The highest BCUT2D eigenvalue weighted by Crippen LogP contribution is 2.18. The van der Waals surface area contributed by atoms with E-state index in [0.29, 0.717) is 6.54 Å². The number of hydrogen-bond donors (Lipinski definition) is 2. The molecule has 1 unspecified atom stereocenters. The molecule has 1 aromatic carbocycles. The lowest BCUT2D eigenvalue weighted by molar-refractivity contribution is 0.0379. The van der Waals surface area contributed by atoms with Gasteiger partial charge in [0.05, 0.1) is 6.21 Å². The number of nitrogens with zero attached hydrogens (tertiary/aromatic N) is 2. The Kier molecular flexibility index (Phi) is 5.21. The van der Waals surface area contributed by atoms with Crippen LogP contribution in [0.1, 0.15) is 26.3 Å². The first-order valence-electron chi connectivity index (χ1n) is 7.49. The van der Waals surface area contributed by atoms with Crippen molar-refractivity contribution in [3.63, 3.8) is 0 Å². The molecule has 1 atom stereocenters. The first-order chi connectivity index (χ1) is 10.4. The van der Waals surface area contributed by atoms with Gasteiger partial charge in [-0.05, 0) is 26.8 Å². The Morgan fingerprint density at radius 1 is 1.36 bits per heavy atom. The molecule has 0 radical (unpaired) electrons. The van der Waals surface area contributed by atoms with Gasteiger partial charge in [-0.3, -0.25) is 0 Å². The molecule has 0 saturated heterocycles. The average Bonchev–Trinajstić information content (AvgIpc) is 2.78. The Bertz CT molecular complexity index is 641. The Labute approximate surface area is 131 Å². The van der Waals surface area contributed by atoms with Crippen LogP contribution in [-0.4, -0.2) is 40.7 Å². The van der Waals surface area contributed by atoms with Crippen molar-refractivity contribution in [2.24, 2.45) is 12.2 Å². The summed E-state index contributed by atoms with van der Waals surface area (Å²) >= 11 is 0. The van der Waals surface area contributed by atoms with E-state index in [9.17, 15) is 5.11 Å². The van der Waals surface area contributed by atoms with E-state index < -0.39 is 6.10 Å². The Balaban J connectivity index is 1.87. The molecule has 22 heavy (non-hydrogen) atoms. The third-order valence-corrected chi connectivity index (χ3v) is 3.33. The highest BCUT2D eigenvalue weighted by molar-refractivity contribution is 5.99. The van der Waals surface area contributed by atoms with E-state index in [1.54, 1.807) is 6.21 Å². The molecule has 1 heterocycles. The smallest absolute Gasteiger partial charge is 0.144 e. The van der Waals surface area contributed by atoms with Crippen molar-refractivity contribution in [2.45, 2.75) is 32.4 Å². The molecule has 0 bridgehead atoms. The van der Waals surface area contributed by atoms with Crippen LogP contribution in [0.2, 0.25) is 0 Å². The fourth-order valence-corrected chi connectivity index (χ4v) is 2.18. The first-order valence-corrected chi connectivity index (χ1v) is 7.49. The predicted octanol–water partition coefficient (Wildman–Crippen LogP) is 2.28. The van der Waals surface area contributed by atoms with Gasteiger partial charge >= 0.3 is 0 Å². The van der Waals surface area contributed by atoms with Gasteiger partial charge < -0.3 is 19.8 Å². The maximum atomic E-state index is 9.82. The number of aliphatic hydroxyl groups excluding tert-OH is 1. The van der Waals surface area contributed by atoms with Crippen molar-refractivity contribution in [3.8, 4) is 0 Å². The third kappa shape index (κ3) is 4.58. The number of para-hydroxylation sites is 1. The number of fused-ring (bicyclic) bond motifs is 1. The van der Waals surface area contributed by atoms with Crippen molar-refractivity contribution in [1.82, 2.24) is 9.88 Å². The predicted molar refractivity (Wildman–Crippen MR) is 90.2 cm³/mol. The lowest BCUT2D eigenvalue weighted by Crippen LogP contribution is -2.42. The lowest BCUT2D eigenvalue weighted by Gasteiger charge is -2.22. The molecule has 120 valence electrons. The van der Waals surface area contributed by atoms with E-state index in [1.165, 1.54) is 0 Å². The molecule has 2 rings (SSSR count). The molecule has 0 saturated carbocycles. The zero-order valence-corrected chi connectivity index (χ0v) is 13.7. The highest BCUT2D eigenvalue weighted by atomic mass is 16.6. The van der Waals surface area contributed by atoms with Gasteiger partial charge in [0.15, 0.2) is 0 Å². The SMILES string of the molecule is Cn1cc(/C=N\OCC(O)CNC(C)(C)C)c2ccccc21. The summed E-state index contributed by atoms with van der Waals surface area (Å²) in [6.07, 6.45) is 3.12. The van der Waals surface area contributed by atoms with Gasteiger partial charge in [-0.25, -0.2) is 0 Å². The zero-order valence-electron chi connectivity index (χ0n) is 13.7. The summed E-state index contributed by atoms with van der Waals surface area (Å²) in [6, 6.07) is 8.13. The summed E-state index contributed by atoms with van der Waals surface area (Å²) in [7, 11) is 2.00. The van der Waals surface area contributed by atoms with Crippen LogP contribution in [0.3, 0.4) is 0 Å². The number of benzene rings is 1. The van der Waals surface area contributed by atoms with Crippen LogP contribution in [0.25, 0.3) is 10.9 Å². The van der Waals surface area contributed by atoms with Crippen LogP contribution in [0.4, 0.5) is 0 Å².